The highest BCUT2D eigenvalue weighted by Crippen LogP contribution is 2.21. The Balaban J connectivity index is 1.89. The standard InChI is InChI=1S/C21H18O/c1-3-16-4-6-17(7-5-16)8-9-18-10-11-20-15-21(22-2)13-12-19(20)14-18/h4-7,10-15H,3H2,1-2H3. The van der Waals surface area contributed by atoms with E-state index in [4.69, 9.17) is 4.74 Å². The van der Waals surface area contributed by atoms with Gasteiger partial charge in [0.1, 0.15) is 5.75 Å². The Morgan fingerprint density at radius 2 is 1.41 bits per heavy atom. The molecule has 0 amide bonds. The number of fused-ring (bicyclic) bond motifs is 1. The van der Waals surface area contributed by atoms with Crippen LogP contribution >= 0.6 is 0 Å². The van der Waals surface area contributed by atoms with Crippen LogP contribution in [0.1, 0.15) is 23.6 Å². The third-order valence-electron chi connectivity index (χ3n) is 3.76. The zero-order valence-electron chi connectivity index (χ0n) is 12.9. The fourth-order valence-corrected chi connectivity index (χ4v) is 2.40. The van der Waals surface area contributed by atoms with Crippen LogP contribution in [0.2, 0.25) is 0 Å². The van der Waals surface area contributed by atoms with E-state index in [9.17, 15) is 0 Å². The number of methoxy groups -OCH3 is 1. The molecule has 0 aliphatic carbocycles. The summed E-state index contributed by atoms with van der Waals surface area (Å²) < 4.78 is 5.25. The highest BCUT2D eigenvalue weighted by molar-refractivity contribution is 5.85. The molecule has 0 heterocycles. The highest BCUT2D eigenvalue weighted by Gasteiger charge is 1.97. The molecule has 0 atom stereocenters. The number of aryl methyl sites for hydroxylation is 1. The number of benzene rings is 3. The molecule has 108 valence electrons. The van der Waals surface area contributed by atoms with E-state index in [0.29, 0.717) is 0 Å². The van der Waals surface area contributed by atoms with Crippen LogP contribution in [0.5, 0.6) is 5.75 Å². The third-order valence-corrected chi connectivity index (χ3v) is 3.76. The van der Waals surface area contributed by atoms with Gasteiger partial charge in [-0.05, 0) is 59.2 Å². The average Bonchev–Trinajstić information content (AvgIpc) is 2.59. The van der Waals surface area contributed by atoms with E-state index < -0.39 is 0 Å². The van der Waals surface area contributed by atoms with Crippen LogP contribution in [0.15, 0.2) is 60.7 Å². The van der Waals surface area contributed by atoms with Gasteiger partial charge in [0, 0.05) is 11.1 Å². The van der Waals surface area contributed by atoms with Crippen LogP contribution in [-0.2, 0) is 6.42 Å². The van der Waals surface area contributed by atoms with Crippen molar-refractivity contribution in [1.29, 1.82) is 0 Å². The van der Waals surface area contributed by atoms with Crippen molar-refractivity contribution in [3.05, 3.63) is 77.4 Å². The molecule has 0 aromatic heterocycles. The molecule has 3 rings (SSSR count). The first-order valence-electron chi connectivity index (χ1n) is 7.47. The van der Waals surface area contributed by atoms with E-state index in [1.54, 1.807) is 7.11 Å². The first-order chi connectivity index (χ1) is 10.8. The molecular weight excluding hydrogens is 268 g/mol. The lowest BCUT2D eigenvalue weighted by molar-refractivity contribution is 0.415. The van der Waals surface area contributed by atoms with Gasteiger partial charge in [0.05, 0.1) is 7.11 Å². The predicted octanol–water partition coefficient (Wildman–Crippen LogP) is 4.81. The van der Waals surface area contributed by atoms with Crippen LogP contribution in [0, 0.1) is 11.8 Å². The monoisotopic (exact) mass is 286 g/mol. The van der Waals surface area contributed by atoms with Gasteiger partial charge in [-0.15, -0.1) is 0 Å². The Morgan fingerprint density at radius 1 is 0.773 bits per heavy atom. The smallest absolute Gasteiger partial charge is 0.119 e. The van der Waals surface area contributed by atoms with Crippen LogP contribution in [-0.4, -0.2) is 7.11 Å². The van der Waals surface area contributed by atoms with Crippen molar-refractivity contribution in [2.75, 3.05) is 7.11 Å². The molecule has 0 N–H and O–H groups in total. The molecule has 0 bridgehead atoms. The van der Waals surface area contributed by atoms with E-state index in [2.05, 4.69) is 67.3 Å². The molecule has 0 aliphatic rings. The Kier molecular flexibility index (Phi) is 4.12. The molecule has 0 spiro atoms. The molecule has 22 heavy (non-hydrogen) atoms. The summed E-state index contributed by atoms with van der Waals surface area (Å²) in [6.07, 6.45) is 1.06. The Labute approximate surface area is 131 Å². The molecule has 0 radical (unpaired) electrons. The van der Waals surface area contributed by atoms with E-state index in [1.807, 2.05) is 12.1 Å². The second kappa shape index (κ2) is 6.37. The zero-order valence-corrected chi connectivity index (χ0v) is 12.9. The SMILES string of the molecule is CCc1ccc(C#Cc2ccc3cc(OC)ccc3c2)cc1. The quantitative estimate of drug-likeness (QED) is 0.614. The van der Waals surface area contributed by atoms with Gasteiger partial charge in [-0.25, -0.2) is 0 Å². The van der Waals surface area contributed by atoms with Gasteiger partial charge in [0.2, 0.25) is 0 Å². The number of ether oxygens (including phenoxy) is 1. The van der Waals surface area contributed by atoms with Gasteiger partial charge in [0.25, 0.3) is 0 Å². The van der Waals surface area contributed by atoms with Crippen molar-refractivity contribution >= 4 is 10.8 Å². The maximum Gasteiger partial charge on any atom is 0.119 e. The van der Waals surface area contributed by atoms with Crippen LogP contribution in [0.4, 0.5) is 0 Å². The summed E-state index contributed by atoms with van der Waals surface area (Å²) in [7, 11) is 1.69. The van der Waals surface area contributed by atoms with E-state index in [0.717, 1.165) is 28.7 Å². The molecule has 1 heteroatoms. The van der Waals surface area contributed by atoms with Crippen LogP contribution in [0.25, 0.3) is 10.8 Å². The van der Waals surface area contributed by atoms with Gasteiger partial charge in [-0.2, -0.15) is 0 Å². The van der Waals surface area contributed by atoms with Gasteiger partial charge >= 0.3 is 0 Å². The zero-order chi connectivity index (χ0) is 15.4. The number of hydrogen-bond acceptors (Lipinski definition) is 1. The summed E-state index contributed by atoms with van der Waals surface area (Å²) >= 11 is 0. The molecule has 0 fully saturated rings. The molecule has 1 nitrogen and oxygen atoms in total. The van der Waals surface area contributed by atoms with Gasteiger partial charge in [-0.3, -0.25) is 0 Å². The minimum Gasteiger partial charge on any atom is -0.497 e. The van der Waals surface area contributed by atoms with Crippen molar-refractivity contribution in [3.8, 4) is 17.6 Å². The van der Waals surface area contributed by atoms with E-state index in [-0.39, 0.29) is 0 Å². The topological polar surface area (TPSA) is 9.23 Å². The molecular formula is C21H18O. The van der Waals surface area contributed by atoms with Crippen molar-refractivity contribution in [2.45, 2.75) is 13.3 Å². The second-order valence-corrected chi connectivity index (χ2v) is 5.23. The maximum atomic E-state index is 5.25. The molecule has 0 unspecified atom stereocenters. The first kappa shape index (κ1) is 14.2. The molecule has 0 saturated carbocycles. The molecule has 3 aromatic rings. The van der Waals surface area contributed by atoms with Gasteiger partial charge in [0.15, 0.2) is 0 Å². The predicted molar refractivity (Wildman–Crippen MR) is 92.3 cm³/mol. The summed E-state index contributed by atoms with van der Waals surface area (Å²) in [5.41, 5.74) is 3.41. The summed E-state index contributed by atoms with van der Waals surface area (Å²) in [6.45, 7) is 2.16. The minimum atomic E-state index is 0.877. The van der Waals surface area contributed by atoms with E-state index in [1.165, 1.54) is 10.9 Å². The number of rotatable bonds is 2. The van der Waals surface area contributed by atoms with Crippen LogP contribution in [0.3, 0.4) is 0 Å². The lowest BCUT2D eigenvalue weighted by Crippen LogP contribution is -1.83. The Bertz CT molecular complexity index is 848. The lowest BCUT2D eigenvalue weighted by Gasteiger charge is -2.02. The van der Waals surface area contributed by atoms with Crippen molar-refractivity contribution < 1.29 is 4.74 Å². The largest absolute Gasteiger partial charge is 0.497 e. The Hall–Kier alpha value is -2.72. The first-order valence-corrected chi connectivity index (χ1v) is 7.47. The maximum absolute atomic E-state index is 5.25. The fourth-order valence-electron chi connectivity index (χ4n) is 2.40. The number of hydrogen-bond donors (Lipinski definition) is 0. The van der Waals surface area contributed by atoms with Gasteiger partial charge < -0.3 is 4.74 Å². The van der Waals surface area contributed by atoms with Crippen molar-refractivity contribution in [1.82, 2.24) is 0 Å². The van der Waals surface area contributed by atoms with Gasteiger partial charge in [-0.1, -0.05) is 43.0 Å². The summed E-state index contributed by atoms with van der Waals surface area (Å²) in [4.78, 5) is 0. The Morgan fingerprint density at radius 3 is 2.14 bits per heavy atom. The minimum absolute atomic E-state index is 0.877. The van der Waals surface area contributed by atoms with Crippen molar-refractivity contribution in [3.63, 3.8) is 0 Å². The average molecular weight is 286 g/mol. The fraction of sp³-hybridized carbons (Fsp3) is 0.143. The van der Waals surface area contributed by atoms with Crippen LogP contribution < -0.4 is 4.74 Å². The van der Waals surface area contributed by atoms with E-state index >= 15 is 0 Å². The summed E-state index contributed by atoms with van der Waals surface area (Å²) in [5, 5.41) is 2.34. The molecule has 0 aliphatic heterocycles. The molecule has 3 aromatic carbocycles. The lowest BCUT2D eigenvalue weighted by atomic mass is 10.1. The highest BCUT2D eigenvalue weighted by atomic mass is 16.5. The second-order valence-electron chi connectivity index (χ2n) is 5.23. The summed E-state index contributed by atoms with van der Waals surface area (Å²) in [5.74, 6) is 7.34. The third kappa shape index (κ3) is 3.13. The summed E-state index contributed by atoms with van der Waals surface area (Å²) in [6, 6.07) is 20.8. The normalized spacial score (nSPS) is 10.1. The van der Waals surface area contributed by atoms with Crippen molar-refractivity contribution in [2.24, 2.45) is 0 Å². The molecule has 0 saturated heterocycles.